The van der Waals surface area contributed by atoms with Crippen LogP contribution in [0.4, 0.5) is 0 Å². The lowest BCUT2D eigenvalue weighted by Crippen LogP contribution is -2.10. The normalized spacial score (nSPS) is 13.5. The summed E-state index contributed by atoms with van der Waals surface area (Å²) < 4.78 is 0. The largest absolute Gasteiger partial charge is 0.256 e. The fraction of sp³-hybridized carbons (Fsp3) is 0.324. The highest BCUT2D eigenvalue weighted by atomic mass is 32.2. The van der Waals surface area contributed by atoms with E-state index in [1.807, 2.05) is 18.0 Å². The van der Waals surface area contributed by atoms with Gasteiger partial charge in [0.25, 0.3) is 0 Å². The number of rotatable bonds is 3. The molecule has 0 saturated heterocycles. The van der Waals surface area contributed by atoms with Gasteiger partial charge in [-0.25, -0.2) is 0 Å². The highest BCUT2D eigenvalue weighted by Crippen LogP contribution is 2.52. The van der Waals surface area contributed by atoms with Crippen molar-refractivity contribution in [2.75, 3.05) is 0 Å². The van der Waals surface area contributed by atoms with Gasteiger partial charge >= 0.3 is 0 Å². The van der Waals surface area contributed by atoms with Crippen molar-refractivity contribution in [1.82, 2.24) is 4.98 Å². The predicted molar refractivity (Wildman–Crippen MR) is 157 cm³/mol. The lowest BCUT2D eigenvalue weighted by Gasteiger charge is -2.26. The maximum Gasteiger partial charge on any atom is 0.0803 e. The smallest absolute Gasteiger partial charge is 0.0803 e. The number of fused-ring (bicyclic) bond motifs is 5. The van der Waals surface area contributed by atoms with Crippen molar-refractivity contribution < 1.29 is 0 Å². The average Bonchev–Trinajstić information content (AvgIpc) is 2.81. The minimum Gasteiger partial charge on any atom is -0.256 e. The van der Waals surface area contributed by atoms with Gasteiger partial charge in [-0.15, -0.1) is 0 Å². The van der Waals surface area contributed by atoms with Crippen molar-refractivity contribution in [2.24, 2.45) is 10.8 Å². The lowest BCUT2D eigenvalue weighted by molar-refractivity contribution is 0.378. The van der Waals surface area contributed by atoms with Crippen molar-refractivity contribution in [3.05, 3.63) is 78.0 Å². The molecule has 0 spiro atoms. The Hall–Kier alpha value is -2.84. The molecule has 6 rings (SSSR count). The second-order valence-corrected chi connectivity index (χ2v) is 13.9. The van der Waals surface area contributed by atoms with Crippen LogP contribution in [0.2, 0.25) is 0 Å². The van der Waals surface area contributed by atoms with E-state index in [1.165, 1.54) is 58.8 Å². The van der Waals surface area contributed by atoms with E-state index < -0.39 is 0 Å². The first kappa shape index (κ1) is 23.6. The summed E-state index contributed by atoms with van der Waals surface area (Å²) in [5, 5.41) is 8.07. The molecule has 1 aromatic heterocycles. The summed E-state index contributed by atoms with van der Waals surface area (Å²) in [7, 11) is 0. The van der Waals surface area contributed by atoms with Crippen molar-refractivity contribution in [1.29, 1.82) is 0 Å². The van der Waals surface area contributed by atoms with Crippen LogP contribution in [0.1, 0.15) is 59.1 Å². The Labute approximate surface area is 219 Å². The maximum atomic E-state index is 5.01. The van der Waals surface area contributed by atoms with Crippen LogP contribution >= 0.6 is 11.8 Å². The van der Waals surface area contributed by atoms with Gasteiger partial charge in [-0.3, -0.25) is 4.98 Å². The van der Waals surface area contributed by atoms with Gasteiger partial charge in [0.15, 0.2) is 0 Å². The highest BCUT2D eigenvalue weighted by molar-refractivity contribution is 8.00. The topological polar surface area (TPSA) is 12.9 Å². The summed E-state index contributed by atoms with van der Waals surface area (Å²) in [6.45, 7) is 14.0. The fourth-order valence-electron chi connectivity index (χ4n) is 5.72. The molecule has 182 valence electrons. The molecule has 1 aliphatic heterocycles. The number of benzene rings is 4. The monoisotopic (exact) mass is 489 g/mol. The van der Waals surface area contributed by atoms with Crippen LogP contribution in [-0.2, 0) is 12.8 Å². The van der Waals surface area contributed by atoms with Crippen LogP contribution in [0.15, 0.2) is 76.7 Å². The van der Waals surface area contributed by atoms with Crippen molar-refractivity contribution in [2.45, 2.75) is 70.6 Å². The SMILES string of the molecule is CC(C)(C)CCc1c2c(cc3ccccc13)-c1nccc3c1c(cc1c(CC(C)(C)C)cccc13)S2. The van der Waals surface area contributed by atoms with E-state index in [0.29, 0.717) is 0 Å². The zero-order valence-corrected chi connectivity index (χ0v) is 23.1. The van der Waals surface area contributed by atoms with Gasteiger partial charge in [0.2, 0.25) is 0 Å². The van der Waals surface area contributed by atoms with Crippen LogP contribution in [0.25, 0.3) is 43.6 Å². The van der Waals surface area contributed by atoms with E-state index in [9.17, 15) is 0 Å². The fourth-order valence-corrected chi connectivity index (χ4v) is 7.03. The molecule has 36 heavy (non-hydrogen) atoms. The Bertz CT molecular complexity index is 1650. The third-order valence-electron chi connectivity index (χ3n) is 7.38. The Kier molecular flexibility index (Phi) is 5.46. The summed E-state index contributed by atoms with van der Waals surface area (Å²) >= 11 is 1.97. The van der Waals surface area contributed by atoms with Crippen LogP contribution in [-0.4, -0.2) is 4.98 Å². The van der Waals surface area contributed by atoms with E-state index in [4.69, 9.17) is 4.98 Å². The standard InChI is InChI=1S/C34H35NS/c1-33(2,3)16-14-26-23-12-8-7-10-21(23)18-28-31-30-25(15-17-35-31)24-13-9-11-22(20-34(4,5)6)27(24)19-29(30)36-32(26)28/h7-13,15,17-19H,14,16,20H2,1-6H3. The summed E-state index contributed by atoms with van der Waals surface area (Å²) in [5.41, 5.74) is 5.89. The number of hydrogen-bond donors (Lipinski definition) is 0. The van der Waals surface area contributed by atoms with E-state index in [-0.39, 0.29) is 10.8 Å². The summed E-state index contributed by atoms with van der Waals surface area (Å²) in [5.74, 6) is 0. The van der Waals surface area contributed by atoms with Gasteiger partial charge in [-0.1, -0.05) is 95.8 Å². The zero-order valence-electron chi connectivity index (χ0n) is 22.3. The Morgan fingerprint density at radius 2 is 1.53 bits per heavy atom. The Balaban J connectivity index is 1.65. The quantitative estimate of drug-likeness (QED) is 0.229. The third-order valence-corrected chi connectivity index (χ3v) is 8.59. The second-order valence-electron chi connectivity index (χ2n) is 12.8. The molecular formula is C34H35NS. The summed E-state index contributed by atoms with van der Waals surface area (Å²) in [6, 6.07) is 22.8. The molecule has 0 radical (unpaired) electrons. The second kappa shape index (κ2) is 8.35. The van der Waals surface area contributed by atoms with Gasteiger partial charge in [-0.2, -0.15) is 0 Å². The Morgan fingerprint density at radius 1 is 0.750 bits per heavy atom. The van der Waals surface area contributed by atoms with E-state index in [2.05, 4.69) is 102 Å². The molecule has 0 N–H and O–H groups in total. The van der Waals surface area contributed by atoms with E-state index in [1.54, 1.807) is 0 Å². The van der Waals surface area contributed by atoms with Crippen LogP contribution < -0.4 is 0 Å². The lowest BCUT2D eigenvalue weighted by atomic mass is 9.85. The molecule has 1 aliphatic rings. The Morgan fingerprint density at radius 3 is 2.31 bits per heavy atom. The molecule has 0 bridgehead atoms. The highest BCUT2D eigenvalue weighted by Gasteiger charge is 2.27. The first-order valence-corrected chi connectivity index (χ1v) is 14.0. The van der Waals surface area contributed by atoms with Crippen LogP contribution in [0.5, 0.6) is 0 Å². The first-order valence-electron chi connectivity index (χ1n) is 13.2. The molecule has 0 fully saturated rings. The van der Waals surface area contributed by atoms with Gasteiger partial charge < -0.3 is 0 Å². The van der Waals surface area contributed by atoms with E-state index in [0.717, 1.165) is 25.0 Å². The van der Waals surface area contributed by atoms with Crippen molar-refractivity contribution >= 4 is 44.1 Å². The van der Waals surface area contributed by atoms with Crippen LogP contribution in [0, 0.1) is 10.8 Å². The molecule has 5 aromatic rings. The van der Waals surface area contributed by atoms with E-state index >= 15 is 0 Å². The molecular weight excluding hydrogens is 454 g/mol. The van der Waals surface area contributed by atoms with Gasteiger partial charge in [-0.05, 0) is 86.3 Å². The number of pyridine rings is 1. The zero-order chi connectivity index (χ0) is 25.2. The van der Waals surface area contributed by atoms with Crippen LogP contribution in [0.3, 0.4) is 0 Å². The molecule has 0 unspecified atom stereocenters. The minimum absolute atomic E-state index is 0.239. The molecule has 0 atom stereocenters. The molecule has 0 aliphatic carbocycles. The molecule has 1 nitrogen and oxygen atoms in total. The van der Waals surface area contributed by atoms with Gasteiger partial charge in [0, 0.05) is 26.9 Å². The molecule has 4 aromatic carbocycles. The molecule has 0 amide bonds. The van der Waals surface area contributed by atoms with Gasteiger partial charge in [0.05, 0.1) is 5.69 Å². The van der Waals surface area contributed by atoms with Crippen molar-refractivity contribution in [3.8, 4) is 11.3 Å². The summed E-state index contributed by atoms with van der Waals surface area (Å²) in [4.78, 5) is 7.76. The third kappa shape index (κ3) is 4.10. The van der Waals surface area contributed by atoms with Crippen molar-refractivity contribution in [3.63, 3.8) is 0 Å². The van der Waals surface area contributed by atoms with Gasteiger partial charge in [0.1, 0.15) is 0 Å². The number of aryl methyl sites for hydroxylation is 1. The maximum absolute atomic E-state index is 5.01. The molecule has 2 heterocycles. The predicted octanol–water partition coefficient (Wildman–Crippen LogP) is 10.2. The number of hydrogen-bond acceptors (Lipinski definition) is 2. The minimum atomic E-state index is 0.239. The number of aromatic nitrogens is 1. The number of nitrogens with zero attached hydrogens (tertiary/aromatic N) is 1. The molecule has 2 heteroatoms. The average molecular weight is 490 g/mol. The summed E-state index contributed by atoms with van der Waals surface area (Å²) in [6.07, 6.45) is 5.32. The molecule has 0 saturated carbocycles. The first-order chi connectivity index (χ1) is 17.1.